The van der Waals surface area contributed by atoms with Crippen LogP contribution in [0.3, 0.4) is 0 Å². The maximum atomic E-state index is 12.9. The van der Waals surface area contributed by atoms with E-state index >= 15 is 0 Å². The number of benzene rings is 1. The fraction of sp³-hybridized carbons (Fsp3) is 0.368. The number of fused-ring (bicyclic) bond motifs is 1. The van der Waals surface area contributed by atoms with Crippen LogP contribution in [0.15, 0.2) is 36.4 Å². The molecule has 0 aliphatic carbocycles. The zero-order valence-electron chi connectivity index (χ0n) is 15.6. The second kappa shape index (κ2) is 7.14. The number of rotatable bonds is 4. The minimum Gasteiger partial charge on any atom is -0.328 e. The number of aromatic nitrogens is 5. The molecule has 0 fully saturated rings. The van der Waals surface area contributed by atoms with E-state index in [2.05, 4.69) is 19.9 Å². The summed E-state index contributed by atoms with van der Waals surface area (Å²) >= 11 is 0. The summed E-state index contributed by atoms with van der Waals surface area (Å²) in [5.41, 5.74) is 0.877. The number of carbonyl (C=O) groups is 1. The van der Waals surface area contributed by atoms with Gasteiger partial charge in [-0.05, 0) is 18.6 Å². The summed E-state index contributed by atoms with van der Waals surface area (Å²) in [6.45, 7) is 2.72. The summed E-state index contributed by atoms with van der Waals surface area (Å²) in [5, 5.41) is 12.3. The van der Waals surface area contributed by atoms with Crippen molar-refractivity contribution < 1.29 is 13.6 Å². The molecule has 3 aromatic rings. The highest BCUT2D eigenvalue weighted by Crippen LogP contribution is 2.25. The maximum Gasteiger partial charge on any atom is 0.282 e. The third-order valence-corrected chi connectivity index (χ3v) is 4.93. The second-order valence-electron chi connectivity index (χ2n) is 6.98. The lowest BCUT2D eigenvalue weighted by atomic mass is 10.1. The van der Waals surface area contributed by atoms with Gasteiger partial charge in [0.2, 0.25) is 0 Å². The van der Waals surface area contributed by atoms with Crippen LogP contribution in [0, 0.1) is 0 Å². The lowest BCUT2D eigenvalue weighted by Gasteiger charge is -2.32. The Balaban J connectivity index is 1.56. The highest BCUT2D eigenvalue weighted by molar-refractivity contribution is 5.92. The molecule has 0 saturated heterocycles. The van der Waals surface area contributed by atoms with Gasteiger partial charge >= 0.3 is 0 Å². The Bertz CT molecular complexity index is 997. The van der Waals surface area contributed by atoms with Gasteiger partial charge in [0.25, 0.3) is 12.3 Å². The van der Waals surface area contributed by atoms with E-state index in [-0.39, 0.29) is 24.2 Å². The summed E-state index contributed by atoms with van der Waals surface area (Å²) in [6.07, 6.45) is -2.05. The Hall–Kier alpha value is -3.10. The van der Waals surface area contributed by atoms with Gasteiger partial charge in [-0.3, -0.25) is 9.48 Å². The highest BCUT2D eigenvalue weighted by Gasteiger charge is 2.31. The van der Waals surface area contributed by atoms with Gasteiger partial charge < -0.3 is 9.47 Å². The molecular formula is C19H20F2N6O. The van der Waals surface area contributed by atoms with Crippen LogP contribution < -0.4 is 0 Å². The predicted molar refractivity (Wildman–Crippen MR) is 96.9 cm³/mol. The molecule has 1 aliphatic heterocycles. The summed E-state index contributed by atoms with van der Waals surface area (Å²) in [5.74, 6) is 1.20. The van der Waals surface area contributed by atoms with Gasteiger partial charge in [0.15, 0.2) is 5.82 Å². The molecule has 0 spiro atoms. The van der Waals surface area contributed by atoms with Gasteiger partial charge in [-0.1, -0.05) is 30.3 Å². The molecule has 0 N–H and O–H groups in total. The Kier molecular flexibility index (Phi) is 4.66. The number of carbonyl (C=O) groups excluding carboxylic acids is 1. The topological polar surface area (TPSA) is 68.8 Å². The van der Waals surface area contributed by atoms with E-state index in [0.717, 1.165) is 17.5 Å². The average Bonchev–Trinajstić information content (AvgIpc) is 3.26. The largest absolute Gasteiger partial charge is 0.328 e. The number of aryl methyl sites for hydroxylation is 1. The van der Waals surface area contributed by atoms with Crippen LogP contribution in [0.4, 0.5) is 8.78 Å². The summed E-state index contributed by atoms with van der Waals surface area (Å²) in [7, 11) is 1.49. The number of alkyl halides is 2. The number of hydrogen-bond acceptors (Lipinski definition) is 4. The molecular weight excluding hydrogens is 366 g/mol. The van der Waals surface area contributed by atoms with Gasteiger partial charge in [0.1, 0.15) is 17.2 Å². The standard InChI is InChI=1S/C19H20F2N6O/c1-12-10-26(19(28)15-9-14(18(20)21)24-25(15)2)11-17-23-22-16(27(12)17)8-13-6-4-3-5-7-13/h3-7,9,12,18H,8,10-11H2,1-2H3/t12-/m0/s1. The number of nitrogens with zero attached hydrogens (tertiary/aromatic N) is 6. The van der Waals surface area contributed by atoms with Crippen LogP contribution >= 0.6 is 0 Å². The molecule has 2 aromatic heterocycles. The predicted octanol–water partition coefficient (Wildman–Crippen LogP) is 2.76. The molecule has 9 heteroatoms. The van der Waals surface area contributed by atoms with E-state index < -0.39 is 12.1 Å². The van der Waals surface area contributed by atoms with E-state index in [9.17, 15) is 13.6 Å². The van der Waals surface area contributed by atoms with Crippen LogP contribution in [0.1, 0.15) is 52.8 Å². The zero-order chi connectivity index (χ0) is 19.8. The zero-order valence-corrected chi connectivity index (χ0v) is 15.6. The molecule has 0 saturated carbocycles. The quantitative estimate of drug-likeness (QED) is 0.691. The third kappa shape index (κ3) is 3.28. The van der Waals surface area contributed by atoms with Crippen LogP contribution in [0.5, 0.6) is 0 Å². The third-order valence-electron chi connectivity index (χ3n) is 4.93. The fourth-order valence-electron chi connectivity index (χ4n) is 3.63. The summed E-state index contributed by atoms with van der Waals surface area (Å²) < 4.78 is 29.0. The molecule has 1 aliphatic rings. The normalized spacial score (nSPS) is 16.5. The molecule has 1 aromatic carbocycles. The van der Waals surface area contributed by atoms with Crippen molar-refractivity contribution in [3.05, 3.63) is 65.0 Å². The van der Waals surface area contributed by atoms with E-state index in [0.29, 0.717) is 18.8 Å². The van der Waals surface area contributed by atoms with Gasteiger partial charge in [0.05, 0.1) is 12.6 Å². The molecule has 3 heterocycles. The SMILES string of the molecule is C[C@H]1CN(C(=O)c2cc(C(F)F)nn2C)Cc2nnc(Cc3ccccc3)n21. The molecule has 1 atom stereocenters. The second-order valence-corrected chi connectivity index (χ2v) is 6.98. The molecule has 4 rings (SSSR count). The highest BCUT2D eigenvalue weighted by atomic mass is 19.3. The number of hydrogen-bond donors (Lipinski definition) is 0. The van der Waals surface area contributed by atoms with Crippen molar-refractivity contribution in [1.82, 2.24) is 29.4 Å². The van der Waals surface area contributed by atoms with Gasteiger partial charge in [-0.25, -0.2) is 8.78 Å². The van der Waals surface area contributed by atoms with Crippen molar-refractivity contribution in [2.45, 2.75) is 32.4 Å². The first-order chi connectivity index (χ1) is 13.4. The van der Waals surface area contributed by atoms with Gasteiger partial charge in [-0.15, -0.1) is 10.2 Å². The Labute approximate surface area is 160 Å². The first-order valence-corrected chi connectivity index (χ1v) is 9.02. The molecule has 146 valence electrons. The first-order valence-electron chi connectivity index (χ1n) is 9.02. The summed E-state index contributed by atoms with van der Waals surface area (Å²) in [4.78, 5) is 14.5. The molecule has 7 nitrogen and oxygen atoms in total. The van der Waals surface area contributed by atoms with E-state index in [1.807, 2.05) is 37.3 Å². The molecule has 1 amide bonds. The van der Waals surface area contributed by atoms with E-state index in [1.165, 1.54) is 11.7 Å². The first kappa shape index (κ1) is 18.3. The van der Waals surface area contributed by atoms with Crippen LogP contribution in [-0.2, 0) is 20.0 Å². The van der Waals surface area contributed by atoms with Crippen LogP contribution in [0.2, 0.25) is 0 Å². The molecule has 0 radical (unpaired) electrons. The Morgan fingerprint density at radius 1 is 1.25 bits per heavy atom. The fourth-order valence-corrected chi connectivity index (χ4v) is 3.63. The van der Waals surface area contributed by atoms with Crippen LogP contribution in [0.25, 0.3) is 0 Å². The van der Waals surface area contributed by atoms with Crippen molar-refractivity contribution in [1.29, 1.82) is 0 Å². The van der Waals surface area contributed by atoms with Crippen molar-refractivity contribution >= 4 is 5.91 Å². The minimum absolute atomic E-state index is 0.0239. The lowest BCUT2D eigenvalue weighted by Crippen LogP contribution is -2.41. The number of halogens is 2. The maximum absolute atomic E-state index is 12.9. The van der Waals surface area contributed by atoms with Gasteiger partial charge in [-0.2, -0.15) is 5.10 Å². The minimum atomic E-state index is -2.71. The van der Waals surface area contributed by atoms with Crippen molar-refractivity contribution in [3.8, 4) is 0 Å². The summed E-state index contributed by atoms with van der Waals surface area (Å²) in [6, 6.07) is 11.1. The van der Waals surface area contributed by atoms with Crippen molar-refractivity contribution in [2.75, 3.05) is 6.54 Å². The molecule has 0 unspecified atom stereocenters. The monoisotopic (exact) mass is 386 g/mol. The smallest absolute Gasteiger partial charge is 0.282 e. The molecule has 0 bridgehead atoms. The van der Waals surface area contributed by atoms with E-state index in [4.69, 9.17) is 0 Å². The van der Waals surface area contributed by atoms with E-state index in [1.54, 1.807) is 4.90 Å². The average molecular weight is 386 g/mol. The van der Waals surface area contributed by atoms with Crippen molar-refractivity contribution in [2.24, 2.45) is 7.05 Å². The Morgan fingerprint density at radius 3 is 2.68 bits per heavy atom. The molecule has 28 heavy (non-hydrogen) atoms. The van der Waals surface area contributed by atoms with Crippen molar-refractivity contribution in [3.63, 3.8) is 0 Å². The lowest BCUT2D eigenvalue weighted by molar-refractivity contribution is 0.0668. The van der Waals surface area contributed by atoms with Crippen LogP contribution in [-0.4, -0.2) is 41.9 Å². The van der Waals surface area contributed by atoms with Gasteiger partial charge in [0, 0.05) is 20.0 Å². The number of amides is 1. The Morgan fingerprint density at radius 2 is 2.00 bits per heavy atom.